The van der Waals surface area contributed by atoms with Crippen LogP contribution >= 0.6 is 15.9 Å². The molecule has 1 N–H and O–H groups in total. The minimum absolute atomic E-state index is 0.199. The van der Waals surface area contributed by atoms with Gasteiger partial charge in [-0.3, -0.25) is 0 Å². The molecule has 0 amide bonds. The Bertz CT molecular complexity index is 1130. The first-order valence-corrected chi connectivity index (χ1v) is 13.5. The van der Waals surface area contributed by atoms with E-state index in [-0.39, 0.29) is 17.0 Å². The highest BCUT2D eigenvalue weighted by molar-refractivity contribution is 9.09. The fraction of sp³-hybridized carbons (Fsp3) is 0.300. The molecule has 0 saturated carbocycles. The monoisotopic (exact) mass is 586 g/mol. The van der Waals surface area contributed by atoms with Gasteiger partial charge in [-0.15, -0.1) is 0 Å². The van der Waals surface area contributed by atoms with E-state index in [1.165, 1.54) is 0 Å². The number of carbonyl (C=O) groups excluding carboxylic acids is 3. The van der Waals surface area contributed by atoms with Gasteiger partial charge in [0.1, 0.15) is 6.61 Å². The first-order chi connectivity index (χ1) is 18.5. The van der Waals surface area contributed by atoms with Crippen LogP contribution in [0, 0.1) is 0 Å². The third-order valence-electron chi connectivity index (χ3n) is 4.90. The summed E-state index contributed by atoms with van der Waals surface area (Å²) in [5, 5.41) is 8.85. The van der Waals surface area contributed by atoms with Crippen molar-refractivity contribution in [2.75, 3.05) is 0 Å². The molecule has 38 heavy (non-hydrogen) atoms. The third kappa shape index (κ3) is 8.26. The lowest BCUT2D eigenvalue weighted by Gasteiger charge is -1.98. The van der Waals surface area contributed by atoms with Crippen molar-refractivity contribution in [3.63, 3.8) is 0 Å². The number of alkyl halides is 1. The zero-order chi connectivity index (χ0) is 28.7. The first-order valence-electron chi connectivity index (χ1n) is 12.6. The molecule has 3 aliphatic rings. The maximum atomic E-state index is 11.0. The fourth-order valence-corrected chi connectivity index (χ4v) is 3.86. The van der Waals surface area contributed by atoms with E-state index in [0.717, 1.165) is 11.1 Å². The van der Waals surface area contributed by atoms with E-state index < -0.39 is 12.3 Å². The van der Waals surface area contributed by atoms with Crippen molar-refractivity contribution in [1.29, 1.82) is 0 Å². The van der Waals surface area contributed by atoms with Gasteiger partial charge in [-0.2, -0.15) is 0 Å². The minimum atomic E-state index is -1.07. The molecule has 204 valence electrons. The number of ether oxygens (including phenoxy) is 3. The summed E-state index contributed by atoms with van der Waals surface area (Å²) in [5.41, 5.74) is 4.29. The van der Waals surface area contributed by atoms with E-state index in [9.17, 15) is 14.4 Å². The van der Waals surface area contributed by atoms with Crippen LogP contribution in [-0.4, -0.2) is 23.0 Å². The van der Waals surface area contributed by atoms with Crippen LogP contribution in [-0.2, 0) is 20.8 Å². The molecule has 2 atom stereocenters. The number of hydrogen-bond acceptors (Lipinski definition) is 7. The van der Waals surface area contributed by atoms with Crippen molar-refractivity contribution in [1.82, 2.24) is 0 Å². The van der Waals surface area contributed by atoms with Gasteiger partial charge in [-0.1, -0.05) is 96.1 Å². The van der Waals surface area contributed by atoms with Gasteiger partial charge in [0, 0.05) is 16.7 Å². The van der Waals surface area contributed by atoms with Crippen LogP contribution in [0.25, 0.3) is 0 Å². The Hall–Kier alpha value is -3.49. The lowest BCUT2D eigenvalue weighted by molar-refractivity contribution is -0.0547. The molecule has 2 unspecified atom stereocenters. The molecule has 6 rings (SSSR count). The van der Waals surface area contributed by atoms with Crippen LogP contribution in [0.5, 0.6) is 0 Å². The van der Waals surface area contributed by atoms with Crippen molar-refractivity contribution in [2.24, 2.45) is 0 Å². The molecule has 3 aromatic rings. The Balaban J connectivity index is 0.000000259. The zero-order valence-electron chi connectivity index (χ0n) is 22.6. The van der Waals surface area contributed by atoms with Crippen LogP contribution < -0.4 is 0 Å². The number of carbonyl (C=O) groups is 3. The van der Waals surface area contributed by atoms with Crippen LogP contribution in [0.1, 0.15) is 101 Å². The zero-order valence-corrected chi connectivity index (χ0v) is 24.2. The molecule has 3 aliphatic heterocycles. The lowest BCUT2D eigenvalue weighted by Crippen LogP contribution is -1.95. The van der Waals surface area contributed by atoms with Crippen molar-refractivity contribution in [3.8, 4) is 0 Å². The Labute approximate surface area is 232 Å². The number of benzene rings is 3. The van der Waals surface area contributed by atoms with Crippen LogP contribution in [0.15, 0.2) is 72.8 Å². The second kappa shape index (κ2) is 17.1. The summed E-state index contributed by atoms with van der Waals surface area (Å²) < 4.78 is 14.2. The predicted octanol–water partition coefficient (Wildman–Crippen LogP) is 7.53. The van der Waals surface area contributed by atoms with Gasteiger partial charge in [0.2, 0.25) is 6.29 Å². The number of aliphatic hydroxyl groups excluding tert-OH is 1. The number of rotatable bonds is 0. The number of fused-ring (bicyclic) bond motifs is 3. The van der Waals surface area contributed by atoms with Gasteiger partial charge in [0.15, 0.2) is 5.01 Å². The van der Waals surface area contributed by atoms with Gasteiger partial charge in [0.05, 0.1) is 16.7 Å². The van der Waals surface area contributed by atoms with E-state index in [4.69, 9.17) is 14.6 Å². The van der Waals surface area contributed by atoms with Gasteiger partial charge >= 0.3 is 17.9 Å². The van der Waals surface area contributed by atoms with E-state index in [1.807, 2.05) is 77.9 Å². The average molecular weight is 588 g/mol. The lowest BCUT2D eigenvalue weighted by atomic mass is 10.1. The topological polar surface area (TPSA) is 99.1 Å². The number of esters is 3. The Morgan fingerprint density at radius 3 is 1.61 bits per heavy atom. The molecule has 0 aromatic heterocycles. The largest absolute Gasteiger partial charge is 0.457 e. The number of cyclic esters (lactones) is 3. The maximum absolute atomic E-state index is 11.0. The molecule has 0 aliphatic carbocycles. The van der Waals surface area contributed by atoms with Crippen LogP contribution in [0.3, 0.4) is 0 Å². The highest BCUT2D eigenvalue weighted by atomic mass is 79.9. The van der Waals surface area contributed by atoms with Crippen LogP contribution in [0.2, 0.25) is 0 Å². The molecule has 0 bridgehead atoms. The first kappa shape index (κ1) is 32.5. The highest BCUT2D eigenvalue weighted by Crippen LogP contribution is 2.34. The van der Waals surface area contributed by atoms with E-state index in [2.05, 4.69) is 20.7 Å². The highest BCUT2D eigenvalue weighted by Gasteiger charge is 2.28. The summed E-state index contributed by atoms with van der Waals surface area (Å²) in [6.45, 7) is 12.4. The smallest absolute Gasteiger partial charge is 0.341 e. The van der Waals surface area contributed by atoms with Crippen molar-refractivity contribution in [3.05, 3.63) is 106 Å². The SMILES string of the molecule is CC.CC.CC.O=C1OC(Br)c2ccccc21.O=C1OC(O)c2ccccc21.O=C1OCc2ccccc21. The number of halogens is 1. The normalized spacial score (nSPS) is 16.6. The molecule has 0 saturated heterocycles. The van der Waals surface area contributed by atoms with E-state index in [0.29, 0.717) is 28.9 Å². The predicted molar refractivity (Wildman–Crippen MR) is 150 cm³/mol. The van der Waals surface area contributed by atoms with Crippen molar-refractivity contribution >= 4 is 33.8 Å². The second-order valence-electron chi connectivity index (χ2n) is 6.89. The Kier molecular flexibility index (Phi) is 14.6. The summed E-state index contributed by atoms with van der Waals surface area (Å²) in [4.78, 5) is 32.8. The van der Waals surface area contributed by atoms with Gasteiger partial charge < -0.3 is 19.3 Å². The third-order valence-corrected chi connectivity index (χ3v) is 5.58. The molecule has 0 spiro atoms. The molecule has 7 nitrogen and oxygen atoms in total. The number of aliphatic hydroxyl groups is 1. The van der Waals surface area contributed by atoms with Crippen molar-refractivity contribution in [2.45, 2.75) is 59.5 Å². The summed E-state index contributed by atoms with van der Waals surface area (Å²) >= 11 is 3.23. The summed E-state index contributed by atoms with van der Waals surface area (Å²) in [6, 6.07) is 21.6. The quantitative estimate of drug-likeness (QED) is 0.165. The molecule has 3 aromatic carbocycles. The second-order valence-corrected chi connectivity index (χ2v) is 7.72. The molecule has 0 fully saturated rings. The molecular weight excluding hydrogens is 552 g/mol. The molecule has 3 heterocycles. The summed E-state index contributed by atoms with van der Waals surface area (Å²) in [7, 11) is 0. The number of hydrogen-bond donors (Lipinski definition) is 1. The van der Waals surface area contributed by atoms with Gasteiger partial charge in [-0.05, 0) is 34.1 Å². The fourth-order valence-electron chi connectivity index (χ4n) is 3.29. The molecule has 8 heteroatoms. The Morgan fingerprint density at radius 2 is 1.08 bits per heavy atom. The molecule has 0 radical (unpaired) electrons. The summed E-state index contributed by atoms with van der Waals surface area (Å²) in [6.07, 6.45) is -1.07. The van der Waals surface area contributed by atoms with Crippen LogP contribution in [0.4, 0.5) is 0 Å². The van der Waals surface area contributed by atoms with Gasteiger partial charge in [-0.25, -0.2) is 14.4 Å². The van der Waals surface area contributed by atoms with Gasteiger partial charge in [0.25, 0.3) is 0 Å². The standard InChI is InChI=1S/C8H5BrO2.C8H6O3.C8H6O2.3C2H6/c2*9-7-5-3-1-2-4-6(5)8(10)11-7;9-8-7-4-2-1-3-6(7)5-10-8;3*1-2/h1-4,7H;1-4,7,9H;1-4H,5H2;3*1-2H3. The maximum Gasteiger partial charge on any atom is 0.341 e. The Morgan fingerprint density at radius 1 is 0.632 bits per heavy atom. The minimum Gasteiger partial charge on any atom is -0.457 e. The summed E-state index contributed by atoms with van der Waals surface area (Å²) in [5.74, 6) is -0.897. The van der Waals surface area contributed by atoms with Crippen molar-refractivity contribution < 1.29 is 33.7 Å². The molecular formula is C30H35BrO7. The van der Waals surface area contributed by atoms with E-state index in [1.54, 1.807) is 36.4 Å². The average Bonchev–Trinajstić information content (AvgIpc) is 3.61. The van der Waals surface area contributed by atoms with E-state index >= 15 is 0 Å².